The number of methoxy groups -OCH3 is 1. The highest BCUT2D eigenvalue weighted by atomic mass is 19.4. The van der Waals surface area contributed by atoms with Crippen LogP contribution in [-0.2, 0) is 6.42 Å². The molecule has 0 fully saturated rings. The fraction of sp³-hybridized carbons (Fsp3) is 0.294. The number of aromatic nitrogens is 1. The fourth-order valence-electron chi connectivity index (χ4n) is 2.04. The number of ether oxygens (including phenoxy) is 2. The molecule has 0 saturated carbocycles. The van der Waals surface area contributed by atoms with Crippen molar-refractivity contribution in [1.29, 1.82) is 0 Å². The molecule has 2 aromatic rings. The van der Waals surface area contributed by atoms with E-state index in [-0.39, 0.29) is 11.4 Å². The minimum absolute atomic E-state index is 0.0403. The molecule has 0 aliphatic carbocycles. The Labute approximate surface area is 142 Å². The zero-order valence-corrected chi connectivity index (χ0v) is 13.5. The maximum Gasteiger partial charge on any atom is 0.422 e. The van der Waals surface area contributed by atoms with Crippen LogP contribution in [-0.4, -0.2) is 37.3 Å². The van der Waals surface area contributed by atoms with Crippen molar-refractivity contribution in [2.24, 2.45) is 0 Å². The number of hydrogen-bond donors (Lipinski definition) is 1. The third-order valence-corrected chi connectivity index (χ3v) is 3.25. The van der Waals surface area contributed by atoms with Crippen molar-refractivity contribution in [2.45, 2.75) is 12.6 Å². The molecule has 0 atom stereocenters. The Morgan fingerprint density at radius 3 is 2.56 bits per heavy atom. The summed E-state index contributed by atoms with van der Waals surface area (Å²) in [5.41, 5.74) is 0.947. The summed E-state index contributed by atoms with van der Waals surface area (Å²) < 4.78 is 46.4. The van der Waals surface area contributed by atoms with Crippen LogP contribution in [0, 0.1) is 0 Å². The lowest BCUT2D eigenvalue weighted by Gasteiger charge is -2.12. The molecule has 0 bridgehead atoms. The molecule has 1 heterocycles. The minimum atomic E-state index is -4.50. The second-order valence-corrected chi connectivity index (χ2v) is 5.11. The van der Waals surface area contributed by atoms with Gasteiger partial charge < -0.3 is 14.8 Å². The van der Waals surface area contributed by atoms with Gasteiger partial charge in [0.05, 0.1) is 7.11 Å². The van der Waals surface area contributed by atoms with E-state index in [1.54, 1.807) is 19.2 Å². The number of amides is 1. The molecule has 0 aliphatic heterocycles. The molecule has 0 spiro atoms. The summed E-state index contributed by atoms with van der Waals surface area (Å²) in [6.07, 6.45) is -2.67. The van der Waals surface area contributed by atoms with Crippen molar-refractivity contribution in [3.05, 3.63) is 53.7 Å². The number of benzene rings is 1. The number of rotatable bonds is 7. The van der Waals surface area contributed by atoms with Gasteiger partial charge in [0.15, 0.2) is 6.61 Å². The van der Waals surface area contributed by atoms with Gasteiger partial charge in [0.25, 0.3) is 5.91 Å². The second kappa shape index (κ2) is 8.36. The molecule has 8 heteroatoms. The predicted octanol–water partition coefficient (Wildman–Crippen LogP) is 3.00. The lowest BCUT2D eigenvalue weighted by Crippen LogP contribution is -2.27. The van der Waals surface area contributed by atoms with E-state index in [9.17, 15) is 18.0 Å². The maximum atomic E-state index is 12.3. The second-order valence-electron chi connectivity index (χ2n) is 5.11. The Hall–Kier alpha value is -2.77. The third-order valence-electron chi connectivity index (χ3n) is 3.25. The summed E-state index contributed by atoms with van der Waals surface area (Å²) in [5, 5.41) is 2.64. The molecule has 1 N–H and O–H groups in total. The van der Waals surface area contributed by atoms with Crippen molar-refractivity contribution in [2.75, 3.05) is 20.3 Å². The van der Waals surface area contributed by atoms with E-state index in [1.807, 2.05) is 12.1 Å². The fourth-order valence-corrected chi connectivity index (χ4v) is 2.04. The van der Waals surface area contributed by atoms with Crippen LogP contribution in [0.2, 0.25) is 0 Å². The summed E-state index contributed by atoms with van der Waals surface area (Å²) in [6, 6.07) is 10.2. The number of carbonyl (C=O) groups is 1. The molecule has 0 unspecified atom stereocenters. The van der Waals surface area contributed by atoms with E-state index in [0.29, 0.717) is 13.0 Å². The smallest absolute Gasteiger partial charge is 0.422 e. The van der Waals surface area contributed by atoms with Gasteiger partial charge in [0.2, 0.25) is 5.88 Å². The Morgan fingerprint density at radius 2 is 1.92 bits per heavy atom. The van der Waals surface area contributed by atoms with E-state index in [1.165, 1.54) is 18.3 Å². The molecular formula is C17H17F3N2O3. The molecule has 1 aromatic heterocycles. The van der Waals surface area contributed by atoms with Crippen molar-refractivity contribution in [1.82, 2.24) is 10.3 Å². The first-order chi connectivity index (χ1) is 11.9. The number of halogens is 3. The standard InChI is InChI=1S/C17H17F3N2O3/c1-24-13-6-4-12(5-7-13)8-10-21-15(23)14-3-2-9-22-16(14)25-11-17(18,19)20/h2-7,9H,8,10-11H2,1H3,(H,21,23). The Balaban J connectivity index is 1.91. The maximum absolute atomic E-state index is 12.3. The van der Waals surface area contributed by atoms with Gasteiger partial charge in [-0.05, 0) is 36.2 Å². The lowest BCUT2D eigenvalue weighted by atomic mass is 10.1. The van der Waals surface area contributed by atoms with E-state index >= 15 is 0 Å². The van der Waals surface area contributed by atoms with Crippen molar-refractivity contribution in [3.8, 4) is 11.6 Å². The van der Waals surface area contributed by atoms with Gasteiger partial charge >= 0.3 is 6.18 Å². The molecule has 1 amide bonds. The Kier molecular flexibility index (Phi) is 6.21. The molecule has 2 rings (SSSR count). The highest BCUT2D eigenvalue weighted by Crippen LogP contribution is 2.20. The van der Waals surface area contributed by atoms with Crippen LogP contribution in [0.25, 0.3) is 0 Å². The zero-order valence-electron chi connectivity index (χ0n) is 13.5. The number of hydrogen-bond acceptors (Lipinski definition) is 4. The van der Waals surface area contributed by atoms with E-state index in [2.05, 4.69) is 15.0 Å². The highest BCUT2D eigenvalue weighted by molar-refractivity contribution is 5.96. The average molecular weight is 354 g/mol. The molecule has 25 heavy (non-hydrogen) atoms. The molecule has 5 nitrogen and oxygen atoms in total. The molecule has 0 aliphatic rings. The third kappa shape index (κ3) is 5.98. The van der Waals surface area contributed by atoms with Crippen molar-refractivity contribution in [3.63, 3.8) is 0 Å². The lowest BCUT2D eigenvalue weighted by molar-refractivity contribution is -0.154. The molecule has 1 aromatic carbocycles. The van der Waals surface area contributed by atoms with Crippen LogP contribution < -0.4 is 14.8 Å². The van der Waals surface area contributed by atoms with E-state index < -0.39 is 18.7 Å². The number of alkyl halides is 3. The molecular weight excluding hydrogens is 337 g/mol. The zero-order chi connectivity index (χ0) is 18.3. The number of nitrogens with one attached hydrogen (secondary N) is 1. The van der Waals surface area contributed by atoms with Crippen LogP contribution >= 0.6 is 0 Å². The summed E-state index contributed by atoms with van der Waals surface area (Å²) in [7, 11) is 1.57. The van der Waals surface area contributed by atoms with Gasteiger partial charge in [-0.3, -0.25) is 4.79 Å². The topological polar surface area (TPSA) is 60.5 Å². The average Bonchev–Trinajstić information content (AvgIpc) is 2.60. The van der Waals surface area contributed by atoms with Crippen LogP contribution in [0.15, 0.2) is 42.6 Å². The van der Waals surface area contributed by atoms with Gasteiger partial charge in [-0.25, -0.2) is 4.98 Å². The number of pyridine rings is 1. The Bertz CT molecular complexity index is 703. The van der Waals surface area contributed by atoms with Gasteiger partial charge in [-0.2, -0.15) is 13.2 Å². The van der Waals surface area contributed by atoms with Gasteiger partial charge in [-0.1, -0.05) is 12.1 Å². The largest absolute Gasteiger partial charge is 0.497 e. The van der Waals surface area contributed by atoms with Crippen LogP contribution in [0.1, 0.15) is 15.9 Å². The summed E-state index contributed by atoms with van der Waals surface area (Å²) in [5.74, 6) is -0.157. The number of nitrogens with zero attached hydrogens (tertiary/aromatic N) is 1. The quantitative estimate of drug-likeness (QED) is 0.830. The van der Waals surface area contributed by atoms with E-state index in [4.69, 9.17) is 4.74 Å². The normalized spacial score (nSPS) is 11.0. The molecule has 0 saturated heterocycles. The summed E-state index contributed by atoms with van der Waals surface area (Å²) >= 11 is 0. The van der Waals surface area contributed by atoms with Gasteiger partial charge in [0, 0.05) is 12.7 Å². The number of carbonyl (C=O) groups excluding carboxylic acids is 1. The van der Waals surface area contributed by atoms with Gasteiger partial charge in [-0.15, -0.1) is 0 Å². The predicted molar refractivity (Wildman–Crippen MR) is 84.8 cm³/mol. The van der Waals surface area contributed by atoms with Crippen LogP contribution in [0.3, 0.4) is 0 Å². The van der Waals surface area contributed by atoms with Crippen molar-refractivity contribution >= 4 is 5.91 Å². The minimum Gasteiger partial charge on any atom is -0.497 e. The SMILES string of the molecule is COc1ccc(CCNC(=O)c2cccnc2OCC(F)(F)F)cc1. The molecule has 0 radical (unpaired) electrons. The van der Waals surface area contributed by atoms with Crippen LogP contribution in [0.5, 0.6) is 11.6 Å². The van der Waals surface area contributed by atoms with Crippen molar-refractivity contribution < 1.29 is 27.4 Å². The first kappa shape index (κ1) is 18.6. The first-order valence-electron chi connectivity index (χ1n) is 7.45. The van der Waals surface area contributed by atoms with Gasteiger partial charge in [0.1, 0.15) is 11.3 Å². The van der Waals surface area contributed by atoms with E-state index in [0.717, 1.165) is 11.3 Å². The Morgan fingerprint density at radius 1 is 1.20 bits per heavy atom. The summed E-state index contributed by atoms with van der Waals surface area (Å²) in [4.78, 5) is 15.8. The van der Waals surface area contributed by atoms with Crippen LogP contribution in [0.4, 0.5) is 13.2 Å². The molecule has 134 valence electrons. The first-order valence-corrected chi connectivity index (χ1v) is 7.45. The monoisotopic (exact) mass is 354 g/mol. The summed E-state index contributed by atoms with van der Waals surface area (Å²) in [6.45, 7) is -1.19. The highest BCUT2D eigenvalue weighted by Gasteiger charge is 2.29.